The summed E-state index contributed by atoms with van der Waals surface area (Å²) >= 11 is 5.89. The number of carbonyl (C=O) groups excluding carboxylic acids is 2. The highest BCUT2D eigenvalue weighted by atomic mass is 35.5. The Bertz CT molecular complexity index is 2150. The van der Waals surface area contributed by atoms with Crippen LogP contribution in [0.25, 0.3) is 0 Å². The molecule has 0 unspecified atom stereocenters. The molecule has 19 heteroatoms. The topological polar surface area (TPSA) is 148 Å². The van der Waals surface area contributed by atoms with Gasteiger partial charge in [-0.3, -0.25) is 0 Å². The van der Waals surface area contributed by atoms with Gasteiger partial charge in [-0.2, -0.15) is 10.2 Å². The number of nitriles is 1. The first-order valence-electron chi connectivity index (χ1n) is 15.8. The molecular weight excluding hydrogens is 780 g/mol. The van der Waals surface area contributed by atoms with E-state index in [1.165, 1.54) is 72.8 Å². The van der Waals surface area contributed by atoms with Crippen LogP contribution >= 0.6 is 11.6 Å². The molecule has 3 aromatic carbocycles. The average Bonchev–Trinajstić information content (AvgIpc) is 3.13. The van der Waals surface area contributed by atoms with Gasteiger partial charge in [0.15, 0.2) is 0 Å². The molecule has 0 spiro atoms. The second-order valence-electron chi connectivity index (χ2n) is 10.4. The zero-order valence-corrected chi connectivity index (χ0v) is 29.6. The Labute approximate surface area is 318 Å². The van der Waals surface area contributed by atoms with Gasteiger partial charge in [0, 0.05) is 12.1 Å². The van der Waals surface area contributed by atoms with Crippen LogP contribution in [0, 0.1) is 11.3 Å². The van der Waals surface area contributed by atoms with Crippen LogP contribution in [-0.4, -0.2) is 47.8 Å². The summed E-state index contributed by atoms with van der Waals surface area (Å²) in [5, 5.41) is 8.79. The molecular formula is C37H26ClF6N3O9. The Morgan fingerprint density at radius 2 is 0.982 bits per heavy atom. The molecule has 292 valence electrons. The number of carbonyl (C=O) groups is 2. The maximum absolute atomic E-state index is 12.3. The summed E-state index contributed by atoms with van der Waals surface area (Å²) < 4.78 is 107. The van der Waals surface area contributed by atoms with Gasteiger partial charge in [0.2, 0.25) is 17.6 Å². The van der Waals surface area contributed by atoms with Crippen LogP contribution in [0.15, 0.2) is 97.1 Å². The highest BCUT2D eigenvalue weighted by Gasteiger charge is 2.32. The zero-order valence-electron chi connectivity index (χ0n) is 28.8. The fraction of sp³-hybridized carbons (Fsp3) is 0.162. The van der Waals surface area contributed by atoms with Crippen LogP contribution in [0.2, 0.25) is 5.15 Å². The number of aromatic nitrogens is 2. The highest BCUT2D eigenvalue weighted by Crippen LogP contribution is 2.31. The Balaban J connectivity index is 0.000000259. The quantitative estimate of drug-likeness (QED) is 0.0671. The SMILES string of the molecule is CCOC(=O)c1ccc(Oc2ccc(OC(F)(F)F)cc2)nc1Cl.CCOC(=O)c1ccc(Oc2ccc(OC(F)(F)F)cc2)nc1Oc1ccc(C#N)cc1. The van der Waals surface area contributed by atoms with Crippen LogP contribution in [0.3, 0.4) is 0 Å². The smallest absolute Gasteiger partial charge is 0.462 e. The Hall–Kier alpha value is -6.74. The third-order valence-corrected chi connectivity index (χ3v) is 6.69. The maximum atomic E-state index is 12.3. The summed E-state index contributed by atoms with van der Waals surface area (Å²) in [7, 11) is 0. The molecule has 2 aromatic heterocycles. The second-order valence-corrected chi connectivity index (χ2v) is 10.8. The number of benzene rings is 3. The number of ether oxygens (including phenoxy) is 7. The maximum Gasteiger partial charge on any atom is 0.573 e. The minimum Gasteiger partial charge on any atom is -0.462 e. The Morgan fingerprint density at radius 1 is 0.589 bits per heavy atom. The predicted octanol–water partition coefficient (Wildman–Crippen LogP) is 10.2. The van der Waals surface area contributed by atoms with E-state index in [-0.39, 0.29) is 64.4 Å². The van der Waals surface area contributed by atoms with Crippen molar-refractivity contribution >= 4 is 23.5 Å². The molecule has 0 N–H and O–H groups in total. The monoisotopic (exact) mass is 805 g/mol. The summed E-state index contributed by atoms with van der Waals surface area (Å²) in [4.78, 5) is 31.9. The molecule has 56 heavy (non-hydrogen) atoms. The van der Waals surface area contributed by atoms with Crippen molar-refractivity contribution in [3.05, 3.63) is 119 Å². The number of pyridine rings is 2. The first kappa shape index (κ1) is 42.0. The lowest BCUT2D eigenvalue weighted by Crippen LogP contribution is -2.16. The number of halogens is 7. The van der Waals surface area contributed by atoms with E-state index in [1.54, 1.807) is 13.8 Å². The van der Waals surface area contributed by atoms with Crippen LogP contribution in [-0.2, 0) is 9.47 Å². The molecule has 0 aliphatic rings. The predicted molar refractivity (Wildman–Crippen MR) is 183 cm³/mol. The lowest BCUT2D eigenvalue weighted by molar-refractivity contribution is -0.275. The summed E-state index contributed by atoms with van der Waals surface area (Å²) in [5.41, 5.74) is 0.545. The lowest BCUT2D eigenvalue weighted by atomic mass is 10.2. The fourth-order valence-electron chi connectivity index (χ4n) is 4.13. The molecule has 0 aliphatic heterocycles. The second kappa shape index (κ2) is 19.0. The van der Waals surface area contributed by atoms with E-state index in [4.69, 9.17) is 40.5 Å². The highest BCUT2D eigenvalue weighted by molar-refractivity contribution is 6.32. The normalized spacial score (nSPS) is 10.9. The summed E-state index contributed by atoms with van der Waals surface area (Å²) in [6.07, 6.45) is -9.56. The molecule has 0 fully saturated rings. The van der Waals surface area contributed by atoms with E-state index in [9.17, 15) is 35.9 Å². The Kier molecular flexibility index (Phi) is 14.3. The first-order valence-corrected chi connectivity index (χ1v) is 16.2. The van der Waals surface area contributed by atoms with Crippen molar-refractivity contribution in [3.63, 3.8) is 0 Å². The molecule has 0 aliphatic carbocycles. The van der Waals surface area contributed by atoms with Gasteiger partial charge >= 0.3 is 24.7 Å². The van der Waals surface area contributed by atoms with Crippen molar-refractivity contribution in [2.45, 2.75) is 26.6 Å². The molecule has 0 saturated carbocycles. The summed E-state index contributed by atoms with van der Waals surface area (Å²) in [6.45, 7) is 3.64. The summed E-state index contributed by atoms with van der Waals surface area (Å²) in [5.74, 6) is -1.37. The molecule has 0 bridgehead atoms. The molecule has 0 amide bonds. The van der Waals surface area contributed by atoms with E-state index in [2.05, 4.69) is 19.4 Å². The third-order valence-electron chi connectivity index (χ3n) is 6.41. The molecule has 0 radical (unpaired) electrons. The van der Waals surface area contributed by atoms with E-state index in [0.29, 0.717) is 11.3 Å². The van der Waals surface area contributed by atoms with Gasteiger partial charge < -0.3 is 33.2 Å². The van der Waals surface area contributed by atoms with Crippen molar-refractivity contribution in [1.29, 1.82) is 5.26 Å². The van der Waals surface area contributed by atoms with Gasteiger partial charge in [0.25, 0.3) is 0 Å². The fourth-order valence-corrected chi connectivity index (χ4v) is 4.35. The van der Waals surface area contributed by atoms with E-state index < -0.39 is 30.4 Å². The van der Waals surface area contributed by atoms with Crippen LogP contribution in [0.5, 0.6) is 46.4 Å². The molecule has 5 aromatic rings. The minimum absolute atomic E-state index is 0.0196. The standard InChI is InChI=1S/C22H15F3N2O5.C15H11ClF3NO4/c1-2-29-21(28)18-11-12-19(27-20(18)31-16-5-3-14(13-26)4-6-16)30-15-7-9-17(10-8-15)32-22(23,24)25;1-2-22-14(21)11-7-8-12(20-13(11)16)23-9-3-5-10(6-4-9)24-15(17,18)19/h3-12H,2H2,1H3;3-8H,2H2,1H3. The first-order chi connectivity index (χ1) is 26.5. The van der Waals surface area contributed by atoms with Crippen molar-refractivity contribution in [2.24, 2.45) is 0 Å². The van der Waals surface area contributed by atoms with E-state index in [0.717, 1.165) is 24.3 Å². The number of nitrogens with zero attached hydrogens (tertiary/aromatic N) is 3. The van der Waals surface area contributed by atoms with Gasteiger partial charge in [0.05, 0.1) is 30.4 Å². The van der Waals surface area contributed by atoms with Crippen molar-refractivity contribution in [2.75, 3.05) is 13.2 Å². The molecule has 2 heterocycles. The Morgan fingerprint density at radius 3 is 1.41 bits per heavy atom. The number of hydrogen-bond donors (Lipinski definition) is 0. The zero-order chi connectivity index (χ0) is 40.9. The lowest BCUT2D eigenvalue weighted by Gasteiger charge is -2.12. The van der Waals surface area contributed by atoms with E-state index >= 15 is 0 Å². The van der Waals surface area contributed by atoms with Gasteiger partial charge in [-0.15, -0.1) is 26.3 Å². The molecule has 0 saturated heterocycles. The van der Waals surface area contributed by atoms with Crippen LogP contribution in [0.4, 0.5) is 26.3 Å². The largest absolute Gasteiger partial charge is 0.573 e. The van der Waals surface area contributed by atoms with Gasteiger partial charge in [-0.1, -0.05) is 11.6 Å². The molecule has 0 atom stereocenters. The number of alkyl halides is 6. The third kappa shape index (κ3) is 13.3. The van der Waals surface area contributed by atoms with Gasteiger partial charge in [0.1, 0.15) is 39.5 Å². The van der Waals surface area contributed by atoms with Crippen LogP contribution < -0.4 is 23.7 Å². The number of hydrogen-bond acceptors (Lipinski definition) is 12. The van der Waals surface area contributed by atoms with Crippen molar-refractivity contribution in [1.82, 2.24) is 9.97 Å². The molecule has 5 rings (SSSR count). The van der Waals surface area contributed by atoms with E-state index in [1.807, 2.05) is 6.07 Å². The minimum atomic E-state index is -4.80. The van der Waals surface area contributed by atoms with Gasteiger partial charge in [-0.25, -0.2) is 14.6 Å². The van der Waals surface area contributed by atoms with Gasteiger partial charge in [-0.05, 0) is 98.8 Å². The number of rotatable bonds is 12. The van der Waals surface area contributed by atoms with Crippen LogP contribution in [0.1, 0.15) is 40.1 Å². The number of esters is 2. The van der Waals surface area contributed by atoms with Crippen molar-refractivity contribution < 1.29 is 69.1 Å². The average molecular weight is 806 g/mol. The summed E-state index contributed by atoms with van der Waals surface area (Å²) in [6, 6.07) is 23.1. The van der Waals surface area contributed by atoms with Crippen molar-refractivity contribution in [3.8, 4) is 52.5 Å². The molecule has 12 nitrogen and oxygen atoms in total.